The van der Waals surface area contributed by atoms with E-state index in [4.69, 9.17) is 5.11 Å². The van der Waals surface area contributed by atoms with E-state index in [1.54, 1.807) is 12.1 Å². The van der Waals surface area contributed by atoms with Gasteiger partial charge in [-0.05, 0) is 41.4 Å². The van der Waals surface area contributed by atoms with E-state index in [-0.39, 0.29) is 18.3 Å². The van der Waals surface area contributed by atoms with Crippen molar-refractivity contribution in [2.75, 3.05) is 5.32 Å². The number of hydrogen-bond acceptors (Lipinski definition) is 2. The zero-order valence-electron chi connectivity index (χ0n) is 8.84. The number of para-hydroxylation sites is 1. The third-order valence-electron chi connectivity index (χ3n) is 2.14. The van der Waals surface area contributed by atoms with Gasteiger partial charge in [-0.15, -0.1) is 0 Å². The third kappa shape index (κ3) is 3.81. The van der Waals surface area contributed by atoms with Gasteiger partial charge in [0, 0.05) is 16.9 Å². The first-order valence-electron chi connectivity index (χ1n) is 4.93. The summed E-state index contributed by atoms with van der Waals surface area (Å²) in [5, 5.41) is 11.5. The Labute approximate surface area is 102 Å². The summed E-state index contributed by atoms with van der Waals surface area (Å²) in [7, 11) is 0. The van der Waals surface area contributed by atoms with Gasteiger partial charge < -0.3 is 10.4 Å². The first-order chi connectivity index (χ1) is 7.50. The van der Waals surface area contributed by atoms with Crippen LogP contribution in [0.5, 0.6) is 0 Å². The van der Waals surface area contributed by atoms with E-state index in [9.17, 15) is 9.18 Å². The first kappa shape index (κ1) is 13.0. The summed E-state index contributed by atoms with van der Waals surface area (Å²) in [5.41, 5.74) is 0.375. The molecular weight excluding hydrogens is 277 g/mol. The van der Waals surface area contributed by atoms with Crippen LogP contribution in [0.25, 0.3) is 0 Å². The molecule has 2 N–H and O–H groups in total. The molecular formula is C11H13BrFNO2. The fourth-order valence-electron chi connectivity index (χ4n) is 1.29. The van der Waals surface area contributed by atoms with E-state index < -0.39 is 5.97 Å². The lowest BCUT2D eigenvalue weighted by Gasteiger charge is -2.16. The minimum Gasteiger partial charge on any atom is -0.481 e. The number of anilines is 1. The molecule has 1 rings (SSSR count). The second-order valence-electron chi connectivity index (χ2n) is 3.57. The second-order valence-corrected chi connectivity index (χ2v) is 4.43. The van der Waals surface area contributed by atoms with Gasteiger partial charge in [0.25, 0.3) is 0 Å². The van der Waals surface area contributed by atoms with Crippen LogP contribution in [0.3, 0.4) is 0 Å². The van der Waals surface area contributed by atoms with E-state index in [1.165, 1.54) is 6.07 Å². The Morgan fingerprint density at radius 3 is 2.88 bits per heavy atom. The number of nitrogens with one attached hydrogen (secondary N) is 1. The van der Waals surface area contributed by atoms with Crippen molar-refractivity contribution in [1.82, 2.24) is 0 Å². The Morgan fingerprint density at radius 2 is 2.31 bits per heavy atom. The van der Waals surface area contributed by atoms with Gasteiger partial charge in [0.15, 0.2) is 0 Å². The van der Waals surface area contributed by atoms with Crippen LogP contribution < -0.4 is 5.32 Å². The number of rotatable bonds is 5. The van der Waals surface area contributed by atoms with E-state index in [0.717, 1.165) is 0 Å². The SMILES string of the molecule is CC(CCC(=O)O)Nc1c(F)cccc1Br. The predicted molar refractivity (Wildman–Crippen MR) is 64.1 cm³/mol. The summed E-state index contributed by atoms with van der Waals surface area (Å²) < 4.78 is 14.0. The topological polar surface area (TPSA) is 49.3 Å². The fraction of sp³-hybridized carbons (Fsp3) is 0.364. The number of hydrogen-bond donors (Lipinski definition) is 2. The fourth-order valence-corrected chi connectivity index (χ4v) is 1.75. The third-order valence-corrected chi connectivity index (χ3v) is 2.81. The highest BCUT2D eigenvalue weighted by Gasteiger charge is 2.10. The minimum atomic E-state index is -0.846. The van der Waals surface area contributed by atoms with Gasteiger partial charge in [-0.1, -0.05) is 6.07 Å². The molecule has 16 heavy (non-hydrogen) atoms. The van der Waals surface area contributed by atoms with E-state index in [1.807, 2.05) is 6.92 Å². The molecule has 0 aliphatic heterocycles. The Morgan fingerprint density at radius 1 is 1.62 bits per heavy atom. The highest BCUT2D eigenvalue weighted by Crippen LogP contribution is 2.26. The van der Waals surface area contributed by atoms with E-state index >= 15 is 0 Å². The molecule has 0 aliphatic rings. The van der Waals surface area contributed by atoms with Crippen LogP contribution in [0.1, 0.15) is 19.8 Å². The standard InChI is InChI=1S/C11H13BrFNO2/c1-7(5-6-10(15)16)14-11-8(12)3-2-4-9(11)13/h2-4,7,14H,5-6H2,1H3,(H,15,16). The van der Waals surface area contributed by atoms with Gasteiger partial charge in [0.05, 0.1) is 5.69 Å². The molecule has 1 atom stereocenters. The number of carboxylic acids is 1. The molecule has 0 aromatic heterocycles. The minimum absolute atomic E-state index is 0.0697. The molecule has 0 fully saturated rings. The van der Waals surface area contributed by atoms with E-state index in [0.29, 0.717) is 16.6 Å². The van der Waals surface area contributed by atoms with Crippen LogP contribution in [0.15, 0.2) is 22.7 Å². The number of benzene rings is 1. The Balaban J connectivity index is 2.62. The molecule has 1 unspecified atom stereocenters. The maximum atomic E-state index is 13.4. The number of aliphatic carboxylic acids is 1. The summed E-state index contributed by atoms with van der Waals surface area (Å²) in [6.45, 7) is 1.82. The summed E-state index contributed by atoms with van der Waals surface area (Å²) in [4.78, 5) is 10.4. The van der Waals surface area contributed by atoms with Crippen molar-refractivity contribution in [3.05, 3.63) is 28.5 Å². The molecule has 5 heteroatoms. The largest absolute Gasteiger partial charge is 0.481 e. The van der Waals surface area contributed by atoms with Gasteiger partial charge in [0.1, 0.15) is 5.82 Å². The molecule has 0 amide bonds. The lowest BCUT2D eigenvalue weighted by molar-refractivity contribution is -0.137. The lowest BCUT2D eigenvalue weighted by Crippen LogP contribution is -2.17. The quantitative estimate of drug-likeness (QED) is 0.875. The van der Waals surface area contributed by atoms with Crippen molar-refractivity contribution < 1.29 is 14.3 Å². The number of carboxylic acid groups (broad SMARTS) is 1. The van der Waals surface area contributed by atoms with Crippen LogP contribution in [0.2, 0.25) is 0 Å². The van der Waals surface area contributed by atoms with Gasteiger partial charge in [-0.2, -0.15) is 0 Å². The zero-order chi connectivity index (χ0) is 12.1. The summed E-state index contributed by atoms with van der Waals surface area (Å²) in [5.74, 6) is -1.20. The molecule has 1 aromatic carbocycles. The van der Waals surface area contributed by atoms with Gasteiger partial charge in [-0.25, -0.2) is 4.39 Å². The van der Waals surface area contributed by atoms with Crippen molar-refractivity contribution in [3.63, 3.8) is 0 Å². The number of carbonyl (C=O) groups is 1. The first-order valence-corrected chi connectivity index (χ1v) is 5.72. The van der Waals surface area contributed by atoms with Crippen LogP contribution in [0.4, 0.5) is 10.1 Å². The summed E-state index contributed by atoms with van der Waals surface area (Å²) >= 11 is 3.24. The van der Waals surface area contributed by atoms with E-state index in [2.05, 4.69) is 21.2 Å². The normalized spacial score (nSPS) is 12.2. The lowest BCUT2D eigenvalue weighted by atomic mass is 10.1. The molecule has 1 aromatic rings. The van der Waals surface area contributed by atoms with Crippen LogP contribution in [-0.2, 0) is 4.79 Å². The molecule has 0 spiro atoms. The van der Waals surface area contributed by atoms with Gasteiger partial charge in [-0.3, -0.25) is 4.79 Å². The maximum Gasteiger partial charge on any atom is 0.303 e. The zero-order valence-corrected chi connectivity index (χ0v) is 10.4. The average molecular weight is 290 g/mol. The van der Waals surface area contributed by atoms with Crippen molar-refractivity contribution in [3.8, 4) is 0 Å². The summed E-state index contributed by atoms with van der Waals surface area (Å²) in [6, 6.07) is 4.60. The average Bonchev–Trinajstić information content (AvgIpc) is 2.21. The molecule has 0 radical (unpaired) electrons. The van der Waals surface area contributed by atoms with Crippen LogP contribution >= 0.6 is 15.9 Å². The Kier molecular flexibility index (Phi) is 4.73. The maximum absolute atomic E-state index is 13.4. The molecule has 3 nitrogen and oxygen atoms in total. The number of halogens is 2. The molecule has 0 saturated heterocycles. The second kappa shape index (κ2) is 5.84. The highest BCUT2D eigenvalue weighted by molar-refractivity contribution is 9.10. The molecule has 0 aliphatic carbocycles. The highest BCUT2D eigenvalue weighted by atomic mass is 79.9. The van der Waals surface area contributed by atoms with Crippen molar-refractivity contribution in [2.45, 2.75) is 25.8 Å². The van der Waals surface area contributed by atoms with Crippen LogP contribution in [-0.4, -0.2) is 17.1 Å². The Bertz CT molecular complexity index is 364. The molecule has 0 saturated carbocycles. The predicted octanol–water partition coefficient (Wildman–Crippen LogP) is 3.25. The van der Waals surface area contributed by atoms with Crippen molar-refractivity contribution in [2.24, 2.45) is 0 Å². The summed E-state index contributed by atoms with van der Waals surface area (Å²) in [6.07, 6.45) is 0.524. The van der Waals surface area contributed by atoms with Crippen molar-refractivity contribution >= 4 is 27.6 Å². The molecule has 0 heterocycles. The molecule has 88 valence electrons. The van der Waals surface area contributed by atoms with Crippen molar-refractivity contribution in [1.29, 1.82) is 0 Å². The van der Waals surface area contributed by atoms with Crippen LogP contribution in [0, 0.1) is 5.82 Å². The Hall–Kier alpha value is -1.10. The smallest absolute Gasteiger partial charge is 0.303 e. The van der Waals surface area contributed by atoms with Gasteiger partial charge in [0.2, 0.25) is 0 Å². The molecule has 0 bridgehead atoms. The monoisotopic (exact) mass is 289 g/mol. The van der Waals surface area contributed by atoms with Gasteiger partial charge >= 0.3 is 5.97 Å².